The normalized spacial score (nSPS) is 22.6. The van der Waals surface area contributed by atoms with Crippen LogP contribution in [0, 0.1) is 0 Å². The van der Waals surface area contributed by atoms with Gasteiger partial charge in [-0.3, -0.25) is 14.4 Å². The van der Waals surface area contributed by atoms with E-state index in [1.165, 1.54) is 11.3 Å². The van der Waals surface area contributed by atoms with E-state index in [9.17, 15) is 4.79 Å². The van der Waals surface area contributed by atoms with E-state index in [4.69, 9.17) is 0 Å². The van der Waals surface area contributed by atoms with Crippen LogP contribution in [0.5, 0.6) is 0 Å². The second-order valence-corrected chi connectivity index (χ2v) is 5.65. The third-order valence-electron chi connectivity index (χ3n) is 4.43. The zero-order chi connectivity index (χ0) is 14.1. The van der Waals surface area contributed by atoms with Crippen molar-refractivity contribution in [2.45, 2.75) is 39.0 Å². The molecule has 1 fully saturated rings. The van der Waals surface area contributed by atoms with Crippen molar-refractivity contribution in [3.63, 3.8) is 0 Å². The fourth-order valence-corrected chi connectivity index (χ4v) is 3.19. The average molecular weight is 277 g/mol. The summed E-state index contributed by atoms with van der Waals surface area (Å²) in [6.07, 6.45) is 2.89. The number of nitrogens with one attached hydrogen (secondary N) is 1. The van der Waals surface area contributed by atoms with Crippen molar-refractivity contribution >= 4 is 5.91 Å². The van der Waals surface area contributed by atoms with Crippen LogP contribution in [0.3, 0.4) is 0 Å². The number of aromatic nitrogens is 2. The van der Waals surface area contributed by atoms with E-state index < -0.39 is 0 Å². The Bertz CT molecular complexity index is 498. The summed E-state index contributed by atoms with van der Waals surface area (Å²) in [6, 6.07) is 0.0297. The molecule has 2 aliphatic heterocycles. The minimum atomic E-state index is 0.0297. The van der Waals surface area contributed by atoms with Gasteiger partial charge in [0.15, 0.2) is 0 Å². The number of nitrogens with zero attached hydrogens (tertiary/aromatic N) is 4. The molecule has 3 heterocycles. The Labute approximate surface area is 119 Å². The lowest BCUT2D eigenvalue weighted by Crippen LogP contribution is -2.39. The van der Waals surface area contributed by atoms with Gasteiger partial charge in [0.2, 0.25) is 5.91 Å². The Balaban J connectivity index is 1.69. The van der Waals surface area contributed by atoms with Crippen LogP contribution in [-0.4, -0.2) is 58.2 Å². The molecule has 6 nitrogen and oxygen atoms in total. The first-order valence-electron chi connectivity index (χ1n) is 7.44. The second kappa shape index (κ2) is 5.54. The van der Waals surface area contributed by atoms with E-state index >= 15 is 0 Å². The van der Waals surface area contributed by atoms with Crippen LogP contribution < -0.4 is 5.32 Å². The van der Waals surface area contributed by atoms with E-state index in [1.54, 1.807) is 0 Å². The van der Waals surface area contributed by atoms with E-state index in [1.807, 2.05) is 25.1 Å². The lowest BCUT2D eigenvalue weighted by molar-refractivity contribution is -0.131. The van der Waals surface area contributed by atoms with Crippen molar-refractivity contribution in [3.05, 3.63) is 17.5 Å². The van der Waals surface area contributed by atoms with Gasteiger partial charge < -0.3 is 10.2 Å². The van der Waals surface area contributed by atoms with Gasteiger partial charge in [0.1, 0.15) is 0 Å². The van der Waals surface area contributed by atoms with Gasteiger partial charge in [-0.25, -0.2) is 0 Å². The van der Waals surface area contributed by atoms with E-state index in [-0.39, 0.29) is 11.9 Å². The summed E-state index contributed by atoms with van der Waals surface area (Å²) >= 11 is 0. The summed E-state index contributed by atoms with van der Waals surface area (Å²) in [7, 11) is 2.04. The smallest absolute Gasteiger partial charge is 0.239 e. The molecule has 6 heteroatoms. The van der Waals surface area contributed by atoms with Crippen molar-refractivity contribution in [2.24, 2.45) is 0 Å². The topological polar surface area (TPSA) is 53.4 Å². The summed E-state index contributed by atoms with van der Waals surface area (Å²) in [4.78, 5) is 16.4. The third kappa shape index (κ3) is 2.33. The van der Waals surface area contributed by atoms with Crippen LogP contribution in [0.25, 0.3) is 0 Å². The summed E-state index contributed by atoms with van der Waals surface area (Å²) in [5, 5.41) is 7.82. The summed E-state index contributed by atoms with van der Waals surface area (Å²) in [5.74, 6) is 0.272. The van der Waals surface area contributed by atoms with Gasteiger partial charge >= 0.3 is 0 Å². The van der Waals surface area contributed by atoms with Crippen molar-refractivity contribution in [1.29, 1.82) is 0 Å². The molecule has 1 atom stereocenters. The lowest BCUT2D eigenvalue weighted by Gasteiger charge is -2.24. The van der Waals surface area contributed by atoms with Crippen LogP contribution in [0.2, 0.25) is 0 Å². The molecule has 0 aromatic carbocycles. The highest BCUT2D eigenvalue weighted by Crippen LogP contribution is 2.20. The number of hydrogen-bond donors (Lipinski definition) is 1. The number of likely N-dealkylation sites (tertiary alicyclic amines) is 1. The Morgan fingerprint density at radius 1 is 1.50 bits per heavy atom. The maximum Gasteiger partial charge on any atom is 0.239 e. The van der Waals surface area contributed by atoms with Crippen molar-refractivity contribution in [3.8, 4) is 0 Å². The standard InChI is InChI=1S/C14H23N5O/c1-3-18-6-4-12(14(18)20)17(2)10-11-8-16-19-7-5-15-9-13(11)19/h8,12,15H,3-7,9-10H2,1-2H3. The molecular weight excluding hydrogens is 254 g/mol. The summed E-state index contributed by atoms with van der Waals surface area (Å²) in [6.45, 7) is 7.34. The van der Waals surface area contributed by atoms with Crippen molar-refractivity contribution < 1.29 is 4.79 Å². The molecule has 20 heavy (non-hydrogen) atoms. The molecule has 0 spiro atoms. The Morgan fingerprint density at radius 2 is 2.35 bits per heavy atom. The van der Waals surface area contributed by atoms with Gasteiger partial charge in [-0.2, -0.15) is 5.10 Å². The summed E-state index contributed by atoms with van der Waals surface area (Å²) < 4.78 is 2.08. The largest absolute Gasteiger partial charge is 0.342 e. The highest BCUT2D eigenvalue weighted by molar-refractivity contribution is 5.83. The Morgan fingerprint density at radius 3 is 3.10 bits per heavy atom. The minimum Gasteiger partial charge on any atom is -0.342 e. The molecule has 3 rings (SSSR count). The van der Waals surface area contributed by atoms with Crippen molar-refractivity contribution in [2.75, 3.05) is 26.7 Å². The maximum absolute atomic E-state index is 12.2. The quantitative estimate of drug-likeness (QED) is 0.844. The van der Waals surface area contributed by atoms with Crippen LogP contribution in [0.1, 0.15) is 24.6 Å². The number of likely N-dealkylation sites (N-methyl/N-ethyl adjacent to an activating group) is 2. The predicted molar refractivity (Wildman–Crippen MR) is 76.1 cm³/mol. The molecule has 1 unspecified atom stereocenters. The summed E-state index contributed by atoms with van der Waals surface area (Å²) in [5.41, 5.74) is 2.50. The first kappa shape index (κ1) is 13.6. The van der Waals surface area contributed by atoms with E-state index in [0.29, 0.717) is 0 Å². The van der Waals surface area contributed by atoms with Gasteiger partial charge in [-0.05, 0) is 20.4 Å². The number of carbonyl (C=O) groups excluding carboxylic acids is 1. The number of amides is 1. The molecule has 110 valence electrons. The van der Waals surface area contributed by atoms with Crippen LogP contribution in [0.4, 0.5) is 0 Å². The molecule has 0 aliphatic carbocycles. The molecule has 2 aliphatic rings. The molecule has 1 aromatic rings. The zero-order valence-electron chi connectivity index (χ0n) is 12.3. The first-order valence-corrected chi connectivity index (χ1v) is 7.44. The van der Waals surface area contributed by atoms with Crippen molar-refractivity contribution in [1.82, 2.24) is 24.9 Å². The fraction of sp³-hybridized carbons (Fsp3) is 0.714. The number of fused-ring (bicyclic) bond motifs is 1. The molecule has 1 aromatic heterocycles. The van der Waals surface area contributed by atoms with E-state index in [2.05, 4.69) is 20.0 Å². The van der Waals surface area contributed by atoms with Gasteiger partial charge in [-0.1, -0.05) is 0 Å². The minimum absolute atomic E-state index is 0.0297. The SMILES string of the molecule is CCN1CCC(N(C)Cc2cnn3c2CNCC3)C1=O. The average Bonchev–Trinajstić information content (AvgIpc) is 3.03. The van der Waals surface area contributed by atoms with Gasteiger partial charge in [0.05, 0.1) is 24.5 Å². The highest BCUT2D eigenvalue weighted by atomic mass is 16.2. The zero-order valence-corrected chi connectivity index (χ0v) is 12.3. The predicted octanol–water partition coefficient (Wildman–Crippen LogP) is 0.0389. The van der Waals surface area contributed by atoms with Crippen LogP contribution >= 0.6 is 0 Å². The monoisotopic (exact) mass is 277 g/mol. The molecule has 1 amide bonds. The molecule has 1 N–H and O–H groups in total. The Hall–Kier alpha value is -1.40. The molecule has 0 radical (unpaired) electrons. The fourth-order valence-electron chi connectivity index (χ4n) is 3.19. The van der Waals surface area contributed by atoms with Gasteiger partial charge in [-0.15, -0.1) is 0 Å². The van der Waals surface area contributed by atoms with Crippen LogP contribution in [0.15, 0.2) is 6.20 Å². The number of hydrogen-bond acceptors (Lipinski definition) is 4. The molecule has 0 bridgehead atoms. The Kier molecular flexibility index (Phi) is 3.76. The van der Waals surface area contributed by atoms with Gasteiger partial charge in [0, 0.05) is 38.3 Å². The van der Waals surface area contributed by atoms with E-state index in [0.717, 1.165) is 45.7 Å². The second-order valence-electron chi connectivity index (χ2n) is 5.65. The van der Waals surface area contributed by atoms with Crippen LogP contribution in [-0.2, 0) is 24.4 Å². The molecular formula is C14H23N5O. The maximum atomic E-state index is 12.2. The number of rotatable bonds is 4. The lowest BCUT2D eigenvalue weighted by atomic mass is 10.1. The first-order chi connectivity index (χ1) is 9.70. The highest BCUT2D eigenvalue weighted by Gasteiger charge is 2.33. The molecule has 1 saturated heterocycles. The third-order valence-corrected chi connectivity index (χ3v) is 4.43. The number of carbonyl (C=O) groups is 1. The molecule has 0 saturated carbocycles. The van der Waals surface area contributed by atoms with Gasteiger partial charge in [0.25, 0.3) is 0 Å².